The summed E-state index contributed by atoms with van der Waals surface area (Å²) >= 11 is 5.24. The molecule has 6 nitrogen and oxygen atoms in total. The Bertz CT molecular complexity index is 781. The molecule has 0 fully saturated rings. The molecule has 7 heteroatoms. The molecule has 2 aromatic heterocycles. The summed E-state index contributed by atoms with van der Waals surface area (Å²) in [5.74, 6) is 1.67. The molecule has 0 aliphatic heterocycles. The lowest BCUT2D eigenvalue weighted by Crippen LogP contribution is -2.28. The van der Waals surface area contributed by atoms with Crippen LogP contribution in [0.15, 0.2) is 67.0 Å². The highest BCUT2D eigenvalue weighted by atomic mass is 32.1. The topological polar surface area (TPSA) is 72.0 Å². The number of para-hydroxylation sites is 1. The first-order valence-electron chi connectivity index (χ1n) is 7.30. The van der Waals surface area contributed by atoms with E-state index < -0.39 is 0 Å². The van der Waals surface area contributed by atoms with Crippen LogP contribution in [-0.4, -0.2) is 20.3 Å². The first-order chi connectivity index (χ1) is 11.8. The highest BCUT2D eigenvalue weighted by molar-refractivity contribution is 7.80. The lowest BCUT2D eigenvalue weighted by Gasteiger charge is -2.10. The highest BCUT2D eigenvalue weighted by Gasteiger charge is 2.02. The van der Waals surface area contributed by atoms with Crippen LogP contribution >= 0.6 is 12.2 Å². The predicted molar refractivity (Wildman–Crippen MR) is 95.8 cm³/mol. The summed E-state index contributed by atoms with van der Waals surface area (Å²) in [4.78, 5) is 3.97. The minimum atomic E-state index is 0.419. The number of ether oxygens (including phenoxy) is 1. The third-order valence-corrected chi connectivity index (χ3v) is 3.30. The van der Waals surface area contributed by atoms with Gasteiger partial charge in [-0.05, 0) is 48.1 Å². The zero-order valence-corrected chi connectivity index (χ0v) is 13.5. The van der Waals surface area contributed by atoms with Crippen LogP contribution in [0.1, 0.15) is 5.56 Å². The van der Waals surface area contributed by atoms with Crippen LogP contribution in [0, 0.1) is 0 Å². The molecule has 0 saturated carbocycles. The summed E-state index contributed by atoms with van der Waals surface area (Å²) in [6.45, 7) is 0.608. The van der Waals surface area contributed by atoms with Gasteiger partial charge in [0.05, 0.1) is 0 Å². The highest BCUT2D eigenvalue weighted by Crippen LogP contribution is 2.18. The first kappa shape index (κ1) is 15.8. The van der Waals surface area contributed by atoms with Gasteiger partial charge in [0.1, 0.15) is 5.75 Å². The van der Waals surface area contributed by atoms with Crippen molar-refractivity contribution in [3.05, 3.63) is 72.6 Å². The molecule has 3 rings (SSSR count). The van der Waals surface area contributed by atoms with Crippen molar-refractivity contribution in [1.82, 2.24) is 20.5 Å². The molecule has 1 aromatic carbocycles. The molecule has 0 aliphatic carbocycles. The van der Waals surface area contributed by atoms with Crippen LogP contribution in [0.4, 0.5) is 5.82 Å². The molecule has 2 heterocycles. The van der Waals surface area contributed by atoms with Gasteiger partial charge in [-0.1, -0.05) is 18.2 Å². The van der Waals surface area contributed by atoms with E-state index in [-0.39, 0.29) is 0 Å². The summed E-state index contributed by atoms with van der Waals surface area (Å²) in [7, 11) is 0. The fraction of sp³-hybridized carbons (Fsp3) is 0.0588. The molecule has 0 unspecified atom stereocenters. The van der Waals surface area contributed by atoms with Crippen molar-refractivity contribution in [2.75, 3.05) is 5.32 Å². The fourth-order valence-corrected chi connectivity index (χ4v) is 2.07. The van der Waals surface area contributed by atoms with E-state index >= 15 is 0 Å². The Morgan fingerprint density at radius 1 is 0.958 bits per heavy atom. The molecular formula is C17H15N5OS. The van der Waals surface area contributed by atoms with Crippen LogP contribution in [-0.2, 0) is 6.54 Å². The van der Waals surface area contributed by atoms with Gasteiger partial charge in [0.2, 0.25) is 5.88 Å². The Hall–Kier alpha value is -3.06. The van der Waals surface area contributed by atoms with Gasteiger partial charge in [-0.25, -0.2) is 0 Å². The molecule has 0 atom stereocenters. The second-order valence-electron chi connectivity index (χ2n) is 4.84. The van der Waals surface area contributed by atoms with Crippen molar-refractivity contribution in [2.45, 2.75) is 6.54 Å². The normalized spacial score (nSPS) is 10.0. The van der Waals surface area contributed by atoms with Gasteiger partial charge in [0.15, 0.2) is 10.9 Å². The number of thiocarbonyl (C=S) groups is 1. The van der Waals surface area contributed by atoms with E-state index in [1.165, 1.54) is 0 Å². The second kappa shape index (κ2) is 7.98. The van der Waals surface area contributed by atoms with E-state index in [4.69, 9.17) is 17.0 Å². The van der Waals surface area contributed by atoms with E-state index in [0.29, 0.717) is 29.1 Å². The van der Waals surface area contributed by atoms with Crippen molar-refractivity contribution < 1.29 is 4.74 Å². The van der Waals surface area contributed by atoms with E-state index in [0.717, 1.165) is 5.56 Å². The number of hydrogen-bond donors (Lipinski definition) is 2. The van der Waals surface area contributed by atoms with Crippen molar-refractivity contribution in [2.24, 2.45) is 0 Å². The number of anilines is 1. The number of pyridine rings is 1. The molecule has 0 saturated heterocycles. The number of rotatable bonds is 5. The Morgan fingerprint density at radius 3 is 2.46 bits per heavy atom. The Labute approximate surface area is 144 Å². The van der Waals surface area contributed by atoms with Gasteiger partial charge in [-0.3, -0.25) is 4.98 Å². The Morgan fingerprint density at radius 2 is 1.75 bits per heavy atom. The molecule has 0 amide bonds. The van der Waals surface area contributed by atoms with E-state index in [9.17, 15) is 0 Å². The molecule has 0 aliphatic rings. The summed E-state index contributed by atoms with van der Waals surface area (Å²) in [5, 5.41) is 14.6. The zero-order valence-electron chi connectivity index (χ0n) is 12.7. The third-order valence-electron chi connectivity index (χ3n) is 3.05. The summed E-state index contributed by atoms with van der Waals surface area (Å²) < 4.78 is 5.59. The SMILES string of the molecule is S=C(NCc1ccncc1)Nc1ccc(Oc2ccccc2)nn1. The maximum Gasteiger partial charge on any atom is 0.238 e. The zero-order chi connectivity index (χ0) is 16.6. The number of benzene rings is 1. The Kier molecular flexibility index (Phi) is 5.26. The summed E-state index contributed by atoms with van der Waals surface area (Å²) in [5.41, 5.74) is 1.09. The number of nitrogens with zero attached hydrogens (tertiary/aromatic N) is 3. The van der Waals surface area contributed by atoms with Crippen molar-refractivity contribution >= 4 is 23.1 Å². The first-order valence-corrected chi connectivity index (χ1v) is 7.71. The van der Waals surface area contributed by atoms with Gasteiger partial charge in [-0.15, -0.1) is 10.2 Å². The number of nitrogens with one attached hydrogen (secondary N) is 2. The van der Waals surface area contributed by atoms with Crippen LogP contribution in [0.3, 0.4) is 0 Å². The van der Waals surface area contributed by atoms with E-state index in [1.54, 1.807) is 24.5 Å². The van der Waals surface area contributed by atoms with Crippen LogP contribution in [0.2, 0.25) is 0 Å². The van der Waals surface area contributed by atoms with Crippen molar-refractivity contribution in [3.8, 4) is 11.6 Å². The molecule has 24 heavy (non-hydrogen) atoms. The van der Waals surface area contributed by atoms with E-state index in [2.05, 4.69) is 25.8 Å². The molecule has 0 radical (unpaired) electrons. The second-order valence-corrected chi connectivity index (χ2v) is 5.24. The lowest BCUT2D eigenvalue weighted by molar-refractivity contribution is 0.455. The van der Waals surface area contributed by atoms with Gasteiger partial charge in [0, 0.05) is 25.0 Å². The minimum Gasteiger partial charge on any atom is -0.438 e. The summed E-state index contributed by atoms with van der Waals surface area (Å²) in [6, 6.07) is 16.7. The number of aromatic nitrogens is 3. The smallest absolute Gasteiger partial charge is 0.238 e. The van der Waals surface area contributed by atoms with Gasteiger partial charge in [0.25, 0.3) is 0 Å². The largest absolute Gasteiger partial charge is 0.438 e. The fourth-order valence-electron chi connectivity index (χ4n) is 1.89. The van der Waals surface area contributed by atoms with Crippen LogP contribution in [0.25, 0.3) is 0 Å². The third kappa shape index (κ3) is 4.72. The summed E-state index contributed by atoms with van der Waals surface area (Å²) in [6.07, 6.45) is 3.48. The molecule has 0 spiro atoms. The van der Waals surface area contributed by atoms with Gasteiger partial charge in [-0.2, -0.15) is 0 Å². The van der Waals surface area contributed by atoms with Gasteiger partial charge >= 0.3 is 0 Å². The molecule has 2 N–H and O–H groups in total. The quantitative estimate of drug-likeness (QED) is 0.693. The molecule has 3 aromatic rings. The maximum atomic E-state index is 5.59. The monoisotopic (exact) mass is 337 g/mol. The molecule has 120 valence electrons. The molecule has 0 bridgehead atoms. The van der Waals surface area contributed by atoms with Crippen LogP contribution < -0.4 is 15.4 Å². The van der Waals surface area contributed by atoms with Crippen molar-refractivity contribution in [3.63, 3.8) is 0 Å². The van der Waals surface area contributed by atoms with Crippen LogP contribution in [0.5, 0.6) is 11.6 Å². The van der Waals surface area contributed by atoms with Gasteiger partial charge < -0.3 is 15.4 Å². The minimum absolute atomic E-state index is 0.419. The Balaban J connectivity index is 1.51. The lowest BCUT2D eigenvalue weighted by atomic mass is 10.3. The average Bonchev–Trinajstić information content (AvgIpc) is 2.63. The number of hydrogen-bond acceptors (Lipinski definition) is 5. The maximum absolute atomic E-state index is 5.59. The standard InChI is InChI=1S/C17H15N5OS/c24-17(19-12-13-8-10-18-11-9-13)20-15-6-7-16(22-21-15)23-14-4-2-1-3-5-14/h1-11H,12H2,(H2,19,20,21,24). The average molecular weight is 337 g/mol. The van der Waals surface area contributed by atoms with Crippen molar-refractivity contribution in [1.29, 1.82) is 0 Å². The molecular weight excluding hydrogens is 322 g/mol. The predicted octanol–water partition coefficient (Wildman–Crippen LogP) is 3.15. The van der Waals surface area contributed by atoms with E-state index in [1.807, 2.05) is 42.5 Å².